The van der Waals surface area contributed by atoms with Crippen LogP contribution in [0.2, 0.25) is 0 Å². The first-order chi connectivity index (χ1) is 12.4. The molecule has 6 nitrogen and oxygen atoms in total. The third kappa shape index (κ3) is 5.58. The molecule has 0 saturated carbocycles. The minimum atomic E-state index is -0.832. The molecule has 138 valence electrons. The minimum absolute atomic E-state index is 0.158. The Morgan fingerprint density at radius 1 is 1.12 bits per heavy atom. The van der Waals surface area contributed by atoms with Crippen molar-refractivity contribution in [3.63, 3.8) is 0 Å². The van der Waals surface area contributed by atoms with E-state index in [1.165, 1.54) is 23.9 Å². The number of carbonyl (C=O) groups excluding carboxylic acids is 2. The van der Waals surface area contributed by atoms with Crippen LogP contribution in [0.4, 0.5) is 0 Å². The van der Waals surface area contributed by atoms with E-state index in [-0.39, 0.29) is 11.7 Å². The molecule has 1 aromatic carbocycles. The Morgan fingerprint density at radius 3 is 2.42 bits per heavy atom. The van der Waals surface area contributed by atoms with E-state index in [9.17, 15) is 14.8 Å². The normalized spacial score (nSPS) is 11.8. The van der Waals surface area contributed by atoms with E-state index in [4.69, 9.17) is 4.74 Å². The van der Waals surface area contributed by atoms with Gasteiger partial charge in [-0.15, -0.1) is 0 Å². The molecule has 1 atom stereocenters. The zero-order valence-electron chi connectivity index (χ0n) is 15.3. The van der Waals surface area contributed by atoms with Gasteiger partial charge in [0.1, 0.15) is 0 Å². The van der Waals surface area contributed by atoms with Crippen molar-refractivity contribution in [2.24, 2.45) is 5.92 Å². The summed E-state index contributed by atoms with van der Waals surface area (Å²) < 4.78 is 5.30. The number of benzene rings is 1. The molecule has 1 N–H and O–H groups in total. The van der Waals surface area contributed by atoms with Crippen molar-refractivity contribution in [1.29, 1.82) is 0 Å². The fraction of sp³-hybridized carbons (Fsp3) is 0.350. The van der Waals surface area contributed by atoms with Crippen molar-refractivity contribution >= 4 is 11.9 Å². The summed E-state index contributed by atoms with van der Waals surface area (Å²) >= 11 is 0. The number of hydrogen-bond acceptors (Lipinski definition) is 4. The third-order valence-corrected chi connectivity index (χ3v) is 3.87. The molecule has 0 radical (unpaired) electrons. The quantitative estimate of drug-likeness (QED) is 0.469. The molecule has 0 bridgehead atoms. The van der Waals surface area contributed by atoms with E-state index in [1.807, 2.05) is 19.1 Å². The lowest BCUT2D eigenvalue weighted by Crippen LogP contribution is -2.36. The second kappa shape index (κ2) is 8.99. The van der Waals surface area contributed by atoms with Gasteiger partial charge < -0.3 is 15.3 Å². The number of esters is 1. The maximum Gasteiger partial charge on any atom is 0.405 e. The van der Waals surface area contributed by atoms with Gasteiger partial charge in [-0.25, -0.2) is 4.79 Å². The average Bonchev–Trinajstić information content (AvgIpc) is 2.60. The van der Waals surface area contributed by atoms with Crippen LogP contribution in [0.15, 0.2) is 48.7 Å². The van der Waals surface area contributed by atoms with Gasteiger partial charge in [-0.2, -0.15) is 4.73 Å². The predicted molar refractivity (Wildman–Crippen MR) is 97.2 cm³/mol. The summed E-state index contributed by atoms with van der Waals surface area (Å²) in [6.45, 7) is 5.76. The van der Waals surface area contributed by atoms with E-state index in [1.54, 1.807) is 6.07 Å². The highest BCUT2D eigenvalue weighted by atomic mass is 16.5. The molecule has 1 aromatic heterocycles. The first-order valence-electron chi connectivity index (χ1n) is 8.60. The lowest BCUT2D eigenvalue weighted by molar-refractivity contribution is -0.608. The van der Waals surface area contributed by atoms with Crippen LogP contribution < -0.4 is 10.0 Å². The Hall–Kier alpha value is -2.89. The largest absolute Gasteiger partial charge is 0.618 e. The maximum atomic E-state index is 12.0. The SMILES string of the molecule is CC(C)Cc1ccc([C@H](C)NC(=O)COC(=O)c2cccc[n+]2[O-])cc1. The van der Waals surface area contributed by atoms with E-state index in [0.717, 1.165) is 12.0 Å². The molecule has 26 heavy (non-hydrogen) atoms. The lowest BCUT2D eigenvalue weighted by Gasteiger charge is -2.15. The molecule has 2 rings (SSSR count). The van der Waals surface area contributed by atoms with Gasteiger partial charge in [-0.1, -0.05) is 38.1 Å². The second-order valence-corrected chi connectivity index (χ2v) is 6.62. The van der Waals surface area contributed by atoms with Crippen LogP contribution in [0.25, 0.3) is 0 Å². The second-order valence-electron chi connectivity index (χ2n) is 6.62. The Kier molecular flexibility index (Phi) is 6.72. The highest BCUT2D eigenvalue weighted by molar-refractivity contribution is 5.88. The van der Waals surface area contributed by atoms with Gasteiger partial charge in [0.25, 0.3) is 5.91 Å². The van der Waals surface area contributed by atoms with Gasteiger partial charge in [0.05, 0.1) is 6.04 Å². The van der Waals surface area contributed by atoms with E-state index >= 15 is 0 Å². The van der Waals surface area contributed by atoms with Crippen LogP contribution in [-0.4, -0.2) is 18.5 Å². The fourth-order valence-corrected chi connectivity index (χ4v) is 2.57. The molecular weight excluding hydrogens is 332 g/mol. The lowest BCUT2D eigenvalue weighted by atomic mass is 10.00. The molecule has 6 heteroatoms. The molecule has 0 saturated heterocycles. The third-order valence-electron chi connectivity index (χ3n) is 3.87. The number of hydrogen-bond donors (Lipinski definition) is 1. The molecule has 0 spiro atoms. The number of ether oxygens (including phenoxy) is 1. The van der Waals surface area contributed by atoms with Crippen LogP contribution in [0, 0.1) is 11.1 Å². The highest BCUT2D eigenvalue weighted by Gasteiger charge is 2.19. The Labute approximate surface area is 153 Å². The van der Waals surface area contributed by atoms with Crippen molar-refractivity contribution < 1.29 is 19.1 Å². The number of pyridine rings is 1. The van der Waals surface area contributed by atoms with E-state index in [2.05, 4.69) is 31.3 Å². The molecule has 0 fully saturated rings. The van der Waals surface area contributed by atoms with E-state index < -0.39 is 18.5 Å². The van der Waals surface area contributed by atoms with Gasteiger partial charge in [0.2, 0.25) is 0 Å². The van der Waals surface area contributed by atoms with Crippen LogP contribution >= 0.6 is 0 Å². The molecule has 2 aromatic rings. The van der Waals surface area contributed by atoms with E-state index in [0.29, 0.717) is 10.6 Å². The average molecular weight is 356 g/mol. The molecule has 0 unspecified atom stereocenters. The van der Waals surface area contributed by atoms with Crippen LogP contribution in [0.3, 0.4) is 0 Å². The van der Waals surface area contributed by atoms with Crippen molar-refractivity contribution in [1.82, 2.24) is 5.32 Å². The first-order valence-corrected chi connectivity index (χ1v) is 8.60. The van der Waals surface area contributed by atoms with Crippen molar-refractivity contribution in [2.75, 3.05) is 6.61 Å². The topological polar surface area (TPSA) is 82.3 Å². The summed E-state index contributed by atoms with van der Waals surface area (Å²) in [6, 6.07) is 12.3. The summed E-state index contributed by atoms with van der Waals surface area (Å²) in [5.41, 5.74) is 2.07. The molecule has 1 heterocycles. The van der Waals surface area contributed by atoms with Crippen molar-refractivity contribution in [3.8, 4) is 0 Å². The number of carbonyl (C=O) groups is 2. The van der Waals surface area contributed by atoms with Gasteiger partial charge >= 0.3 is 11.7 Å². The van der Waals surface area contributed by atoms with Crippen LogP contribution in [-0.2, 0) is 16.0 Å². The minimum Gasteiger partial charge on any atom is -0.618 e. The Morgan fingerprint density at radius 2 is 1.81 bits per heavy atom. The summed E-state index contributed by atoms with van der Waals surface area (Å²) in [7, 11) is 0. The number of aromatic nitrogens is 1. The molecule has 0 aliphatic carbocycles. The van der Waals surface area contributed by atoms with Gasteiger partial charge in [0.15, 0.2) is 12.8 Å². The zero-order valence-corrected chi connectivity index (χ0v) is 15.3. The number of nitrogens with zero attached hydrogens (tertiary/aromatic N) is 1. The molecule has 1 amide bonds. The predicted octanol–water partition coefficient (Wildman–Crippen LogP) is 2.55. The Bertz CT molecular complexity index is 757. The van der Waals surface area contributed by atoms with Gasteiger partial charge in [-0.05, 0) is 36.5 Å². The summed E-state index contributed by atoms with van der Waals surface area (Å²) in [4.78, 5) is 23.8. The first kappa shape index (κ1) is 19.4. The molecule has 0 aliphatic rings. The number of rotatable bonds is 7. The monoisotopic (exact) mass is 356 g/mol. The Balaban J connectivity index is 1.85. The summed E-state index contributed by atoms with van der Waals surface area (Å²) in [5.74, 6) is -0.669. The standard InChI is InChI=1S/C20H24N2O4/c1-14(2)12-16-7-9-17(10-8-16)15(3)21-19(23)13-26-20(24)18-6-4-5-11-22(18)25/h4-11,14-15H,12-13H2,1-3H3,(H,21,23)/t15-/m0/s1. The smallest absolute Gasteiger partial charge is 0.405 e. The fourth-order valence-electron chi connectivity index (χ4n) is 2.57. The zero-order chi connectivity index (χ0) is 19.1. The van der Waals surface area contributed by atoms with Crippen LogP contribution in [0.1, 0.15) is 48.4 Å². The number of nitrogens with one attached hydrogen (secondary N) is 1. The van der Waals surface area contributed by atoms with Gasteiger partial charge in [-0.3, -0.25) is 4.79 Å². The summed E-state index contributed by atoms with van der Waals surface area (Å²) in [5, 5.41) is 14.3. The maximum absolute atomic E-state index is 12.0. The summed E-state index contributed by atoms with van der Waals surface area (Å²) in [6.07, 6.45) is 2.21. The number of amides is 1. The molecule has 0 aliphatic heterocycles. The van der Waals surface area contributed by atoms with Crippen molar-refractivity contribution in [2.45, 2.75) is 33.2 Å². The highest BCUT2D eigenvalue weighted by Crippen LogP contribution is 2.15. The van der Waals surface area contributed by atoms with Gasteiger partial charge in [0, 0.05) is 12.1 Å². The van der Waals surface area contributed by atoms with Crippen LogP contribution in [0.5, 0.6) is 0 Å². The molecular formula is C20H24N2O4. The van der Waals surface area contributed by atoms with Crippen molar-refractivity contribution in [3.05, 3.63) is 70.7 Å².